The number of fused-ring (bicyclic) bond motifs is 2. The van der Waals surface area contributed by atoms with Crippen LogP contribution in [0, 0.1) is 6.92 Å². The van der Waals surface area contributed by atoms with Crippen molar-refractivity contribution in [2.75, 3.05) is 32.8 Å². The summed E-state index contributed by atoms with van der Waals surface area (Å²) in [5.74, 6) is -0.467. The number of thiophene rings is 1. The van der Waals surface area contributed by atoms with Gasteiger partial charge in [-0.15, -0.1) is 11.3 Å². The van der Waals surface area contributed by atoms with Crippen LogP contribution in [-0.2, 0) is 14.4 Å². The quantitative estimate of drug-likeness (QED) is 0.0371. The minimum Gasteiger partial charge on any atom is -0.484 e. The fourth-order valence-electron chi connectivity index (χ4n) is 8.53. The highest BCUT2D eigenvalue weighted by atomic mass is 35.5. The highest BCUT2D eigenvalue weighted by Crippen LogP contribution is 2.36. The number of nitrogens with one attached hydrogen (secondary N) is 4. The predicted molar refractivity (Wildman–Crippen MR) is 287 cm³/mol. The maximum atomic E-state index is 16.1. The first kappa shape index (κ1) is 52.5. The molecule has 3 aromatic heterocycles. The minimum atomic E-state index is -4.14. The third-order valence-electron chi connectivity index (χ3n) is 12.2. The average molecular weight is 1070 g/mol. The molecule has 4 N–H and O–H groups in total. The summed E-state index contributed by atoms with van der Waals surface area (Å²) in [4.78, 5) is 51.2. The fraction of sp³-hybridized carbons (Fsp3) is 0.245. The lowest BCUT2D eigenvalue weighted by Crippen LogP contribution is -2.50. The Morgan fingerprint density at radius 2 is 1.45 bits per heavy atom. The molecule has 20 heteroatoms. The van der Waals surface area contributed by atoms with E-state index < -0.39 is 6.97 Å². The molecule has 8 rings (SSSR count). The molecule has 2 aliphatic rings. The van der Waals surface area contributed by atoms with Crippen molar-refractivity contribution in [2.45, 2.75) is 51.9 Å². The van der Waals surface area contributed by atoms with Gasteiger partial charge in [-0.05, 0) is 110 Å². The molecule has 0 fully saturated rings. The summed E-state index contributed by atoms with van der Waals surface area (Å²) in [7, 11) is 0. The number of allylic oxidation sites excluding steroid dienone is 2. The zero-order valence-corrected chi connectivity index (χ0v) is 42.9. The summed E-state index contributed by atoms with van der Waals surface area (Å²) < 4.78 is 41.8. The highest BCUT2D eigenvalue weighted by Gasteiger charge is 2.52. The number of aromatic nitrogens is 3. The number of halogens is 5. The van der Waals surface area contributed by atoms with Crippen molar-refractivity contribution in [2.24, 2.45) is 0 Å². The molecule has 0 atom stereocenters. The van der Waals surface area contributed by atoms with Crippen LogP contribution in [0.4, 0.5) is 8.63 Å². The molecule has 0 unspecified atom stereocenters. The van der Waals surface area contributed by atoms with Gasteiger partial charge in [-0.3, -0.25) is 19.2 Å². The van der Waals surface area contributed by atoms with E-state index in [2.05, 4.69) is 26.4 Å². The number of benzene rings is 3. The number of hydrogen-bond acceptors (Lipinski definition) is 7. The van der Waals surface area contributed by atoms with E-state index in [1.165, 1.54) is 11.3 Å². The summed E-state index contributed by atoms with van der Waals surface area (Å²) >= 11 is 20.2. The highest BCUT2D eigenvalue weighted by molar-refractivity contribution is 7.12. The molecule has 0 spiro atoms. The maximum Gasteiger partial charge on any atom is 0.737 e. The molecular weight excluding hydrogens is 1020 g/mol. The standard InChI is InChI=1S/C53H52BCl3F2N8O5S/c1-35-51(64-67(45-24-17-39(56)32-44(45)57)52(35)37-13-15-38(55)16-14-37)53(71)63-29-6-5-28-60-49(69)26-30-62-48(68)9-3-2-4-27-61-50(70)34-72-43-22-11-36(12-23-43)10-18-40-19-20-41-33-42-21-25-46(47-8-7-31-73-47)66(42)54(58,59)65(40)41/h7-8,10-25,31-33H,2-6,9,26-30,34H2,1H3,(H,60,69)(H,61,70)(H,62,68)(H,63,71)/b18-10+. The molecule has 3 aromatic carbocycles. The lowest BCUT2D eigenvalue weighted by molar-refractivity contribution is -0.360. The number of unbranched alkanes of at least 4 members (excludes halogenated alkanes) is 3. The van der Waals surface area contributed by atoms with E-state index in [0.29, 0.717) is 112 Å². The summed E-state index contributed by atoms with van der Waals surface area (Å²) in [6, 6.07) is 26.4. The Morgan fingerprint density at radius 1 is 0.753 bits per heavy atom. The van der Waals surface area contributed by atoms with Crippen LogP contribution < -0.4 is 26.0 Å². The van der Waals surface area contributed by atoms with Crippen molar-refractivity contribution in [3.8, 4) is 22.7 Å². The molecule has 73 heavy (non-hydrogen) atoms. The Hall–Kier alpha value is -6.79. The van der Waals surface area contributed by atoms with Crippen LogP contribution in [0.3, 0.4) is 0 Å². The lowest BCUT2D eigenvalue weighted by atomic mass is 9.90. The van der Waals surface area contributed by atoms with Crippen molar-refractivity contribution in [1.82, 2.24) is 35.5 Å². The molecular formula is C53H52BCl3F2N8O5S. The van der Waals surface area contributed by atoms with Gasteiger partial charge in [0.2, 0.25) is 11.8 Å². The van der Waals surface area contributed by atoms with Gasteiger partial charge in [-0.25, -0.2) is 4.68 Å². The van der Waals surface area contributed by atoms with Gasteiger partial charge in [0.1, 0.15) is 5.75 Å². The van der Waals surface area contributed by atoms with E-state index in [0.717, 1.165) is 31.4 Å². The van der Waals surface area contributed by atoms with Crippen LogP contribution in [0.25, 0.3) is 35.2 Å². The number of ether oxygens (including phenoxy) is 1. The van der Waals surface area contributed by atoms with E-state index in [1.807, 2.05) is 36.6 Å². The SMILES string of the molecule is Cc1c(C(=O)NCCCCNC(=O)CCNC(=O)CCCCCNC(=O)COc2ccc(/C=C/c3ccc4n3[B-](F)(F)[N+]3=C(c5cccs5)C=CC3=C4)cc2)nn(-c2ccc(Cl)cc2Cl)c1-c1ccc(Cl)cc1. The Bertz CT molecular complexity index is 3120. The zero-order valence-electron chi connectivity index (χ0n) is 39.8. The van der Waals surface area contributed by atoms with Gasteiger partial charge in [0.25, 0.3) is 11.8 Å². The largest absolute Gasteiger partial charge is 0.737 e. The van der Waals surface area contributed by atoms with Crippen LogP contribution in [0.2, 0.25) is 15.1 Å². The van der Waals surface area contributed by atoms with Gasteiger partial charge in [-0.2, -0.15) is 5.10 Å². The fourth-order valence-corrected chi connectivity index (χ4v) is 9.89. The molecule has 6 aromatic rings. The van der Waals surface area contributed by atoms with Crippen LogP contribution in [0.1, 0.15) is 82.8 Å². The Labute approximate surface area is 440 Å². The smallest absolute Gasteiger partial charge is 0.484 e. The van der Waals surface area contributed by atoms with Gasteiger partial charge in [0.15, 0.2) is 23.7 Å². The van der Waals surface area contributed by atoms with Crippen LogP contribution in [-0.4, -0.2) is 87.8 Å². The third-order valence-corrected chi connectivity index (χ3v) is 13.9. The van der Waals surface area contributed by atoms with Crippen molar-refractivity contribution in [3.05, 3.63) is 162 Å². The molecule has 4 amide bonds. The topological polar surface area (TPSA) is 151 Å². The number of hydrogen-bond donors (Lipinski definition) is 4. The average Bonchev–Trinajstić information content (AvgIpc) is 4.20. The monoisotopic (exact) mass is 1070 g/mol. The summed E-state index contributed by atoms with van der Waals surface area (Å²) in [5, 5.41) is 19.3. The Balaban J connectivity index is 0.657. The van der Waals surface area contributed by atoms with Crippen LogP contribution >= 0.6 is 46.1 Å². The minimum absolute atomic E-state index is 0.139. The molecule has 0 bridgehead atoms. The van der Waals surface area contributed by atoms with Gasteiger partial charge in [-0.1, -0.05) is 77.6 Å². The first-order valence-corrected chi connectivity index (χ1v) is 25.9. The van der Waals surface area contributed by atoms with Gasteiger partial charge in [0, 0.05) is 89.8 Å². The Kier molecular flexibility index (Phi) is 17.5. The van der Waals surface area contributed by atoms with Gasteiger partial charge < -0.3 is 43.6 Å². The number of nitrogens with zero attached hydrogens (tertiary/aromatic N) is 4. The maximum absolute atomic E-state index is 16.1. The first-order chi connectivity index (χ1) is 35.3. The number of carbonyl (C=O) groups is 4. The number of amides is 4. The van der Waals surface area contributed by atoms with Crippen molar-refractivity contribution in [3.63, 3.8) is 0 Å². The molecule has 0 saturated heterocycles. The van der Waals surface area contributed by atoms with E-state index in [1.54, 1.807) is 102 Å². The zero-order chi connectivity index (χ0) is 51.5. The second kappa shape index (κ2) is 24.3. The molecule has 0 radical (unpaired) electrons. The number of rotatable bonds is 23. The van der Waals surface area contributed by atoms with E-state index in [4.69, 9.17) is 39.5 Å². The van der Waals surface area contributed by atoms with E-state index in [-0.39, 0.29) is 48.9 Å². The van der Waals surface area contributed by atoms with Crippen molar-refractivity contribution < 1.29 is 37.0 Å². The molecule has 0 aliphatic carbocycles. The molecule has 2 aliphatic heterocycles. The third kappa shape index (κ3) is 13.1. The second-order valence-electron chi connectivity index (χ2n) is 17.4. The van der Waals surface area contributed by atoms with E-state index in [9.17, 15) is 19.2 Å². The van der Waals surface area contributed by atoms with Crippen molar-refractivity contribution >= 4 is 101 Å². The van der Waals surface area contributed by atoms with Crippen LogP contribution in [0.15, 0.2) is 114 Å². The predicted octanol–water partition coefficient (Wildman–Crippen LogP) is 10.4. The Morgan fingerprint density at radius 3 is 2.19 bits per heavy atom. The van der Waals surface area contributed by atoms with Gasteiger partial charge >= 0.3 is 6.97 Å². The van der Waals surface area contributed by atoms with Crippen molar-refractivity contribution in [1.29, 1.82) is 0 Å². The second-order valence-corrected chi connectivity index (χ2v) is 19.6. The molecule has 5 heterocycles. The molecule has 378 valence electrons. The number of carbonyl (C=O) groups excluding carboxylic acids is 4. The molecule has 13 nitrogen and oxygen atoms in total. The summed E-state index contributed by atoms with van der Waals surface area (Å²) in [6.07, 6.45) is 12.4. The summed E-state index contributed by atoms with van der Waals surface area (Å²) in [5.41, 5.74) is 5.51. The first-order valence-electron chi connectivity index (χ1n) is 23.9. The summed E-state index contributed by atoms with van der Waals surface area (Å²) in [6.45, 7) is -1.05. The van der Waals surface area contributed by atoms with Crippen LogP contribution in [0.5, 0.6) is 5.75 Å². The van der Waals surface area contributed by atoms with E-state index >= 15 is 8.63 Å². The normalized spacial score (nSPS) is 13.4. The lowest BCUT2D eigenvalue weighted by Gasteiger charge is -2.30. The van der Waals surface area contributed by atoms with Gasteiger partial charge in [0.05, 0.1) is 21.3 Å². The molecule has 0 saturated carbocycles.